The SMILES string of the molecule is CO[C@H]1/C=C\O[C@]2(C)Oc3c(C)c(O)c4c(O)c(c5c(c4c3C2=O)=NC2(CCN(CC(C)C)CC2)N=5)NC(=O)/C(C)=C\C=C/[C@@H](C)[C@@H](O)[C@@H](C)[C@@H](O)[C@H](C)[C@@H](OC(C)=O)[C@@H]1C. The standard InChI is InChI=1S/C46H62N4O11/c1-22(2)21-50-18-16-46(17-19-50)48-34-31-32-39(54)28(8)42-33(31)43(56)45(10,61-42)59-20-15-30(58-11)25(5)41(60-29(9)51)27(7)38(53)26(6)37(52)23(3)13-12-14-24(4)44(57)47-36(40(32)55)35(34)49-46/h12-15,20,22-23,25-27,30,37-38,41,52-55H,16-19,21H2,1-11H3,(H,47,57)/b13-12-,20-15-,24-14-/t23-,25-,26-,27+,30+,37-,38-,41+,45-/m1/s1. The molecule has 1 amide bonds. The van der Waals surface area contributed by atoms with E-state index in [-0.39, 0.29) is 55.4 Å². The highest BCUT2D eigenvalue weighted by atomic mass is 16.7. The van der Waals surface area contributed by atoms with E-state index in [0.29, 0.717) is 31.8 Å². The van der Waals surface area contributed by atoms with E-state index in [1.165, 1.54) is 27.2 Å². The Kier molecular flexibility index (Phi) is 13.1. The normalized spacial score (nSPS) is 32.7. The molecule has 61 heavy (non-hydrogen) atoms. The van der Waals surface area contributed by atoms with Crippen LogP contribution >= 0.6 is 0 Å². The summed E-state index contributed by atoms with van der Waals surface area (Å²) >= 11 is 0. The van der Waals surface area contributed by atoms with Crippen LogP contribution in [0.1, 0.15) is 91.1 Å². The van der Waals surface area contributed by atoms with Crippen molar-refractivity contribution < 1.29 is 53.8 Å². The Morgan fingerprint density at radius 2 is 1.62 bits per heavy atom. The Morgan fingerprint density at radius 1 is 0.967 bits per heavy atom. The molecule has 332 valence electrons. The number of Topliss-reactive ketones (excluding diaryl/α,β-unsaturated/α-hetero) is 1. The molecule has 1 saturated heterocycles. The minimum Gasteiger partial charge on any atom is -0.507 e. The van der Waals surface area contributed by atoms with Crippen LogP contribution in [0.15, 0.2) is 46.1 Å². The number of anilines is 1. The second-order valence-corrected chi connectivity index (χ2v) is 18.0. The molecule has 2 aromatic carbocycles. The van der Waals surface area contributed by atoms with Crippen molar-refractivity contribution in [2.45, 2.75) is 118 Å². The number of hydrogen-bond donors (Lipinski definition) is 5. The molecule has 5 N–H and O–H groups in total. The first kappa shape index (κ1) is 45.7. The van der Waals surface area contributed by atoms with Crippen molar-refractivity contribution in [2.24, 2.45) is 39.6 Å². The molecule has 0 aromatic heterocycles. The number of nitrogens with zero attached hydrogens (tertiary/aromatic N) is 3. The van der Waals surface area contributed by atoms with Gasteiger partial charge in [-0.25, -0.2) is 0 Å². The van der Waals surface area contributed by atoms with E-state index in [1.807, 2.05) is 0 Å². The number of amides is 1. The summed E-state index contributed by atoms with van der Waals surface area (Å²) in [5.41, 5.74) is -0.572. The molecule has 4 aliphatic heterocycles. The number of hydrogen-bond acceptors (Lipinski definition) is 14. The molecule has 0 radical (unpaired) electrons. The Hall–Kier alpha value is -4.83. The molecule has 6 rings (SSSR count). The molecule has 2 aromatic rings. The van der Waals surface area contributed by atoms with Crippen LogP contribution in [0.25, 0.3) is 10.8 Å². The average Bonchev–Trinajstić information content (AvgIpc) is 3.71. The number of ether oxygens (including phenoxy) is 4. The van der Waals surface area contributed by atoms with Crippen LogP contribution in [-0.4, -0.2) is 106 Å². The number of rotatable bonds is 4. The lowest BCUT2D eigenvalue weighted by Crippen LogP contribution is -2.46. The Balaban J connectivity index is 1.54. The highest BCUT2D eigenvalue weighted by Gasteiger charge is 2.50. The van der Waals surface area contributed by atoms with Gasteiger partial charge in [0.2, 0.25) is 0 Å². The molecule has 4 bridgehead atoms. The highest BCUT2D eigenvalue weighted by molar-refractivity contribution is 6.19. The number of allylic oxidation sites excluding steroid dienone is 2. The summed E-state index contributed by atoms with van der Waals surface area (Å²) in [4.78, 5) is 53.7. The van der Waals surface area contributed by atoms with Crippen LogP contribution in [0.5, 0.6) is 17.2 Å². The number of ketones is 1. The number of aliphatic hydroxyl groups is 2. The first-order valence-corrected chi connectivity index (χ1v) is 21.2. The van der Waals surface area contributed by atoms with Crippen LogP contribution in [-0.2, 0) is 23.8 Å². The fourth-order valence-electron chi connectivity index (χ4n) is 9.20. The fraction of sp³-hybridized carbons (Fsp3) is 0.587. The number of carbonyl (C=O) groups is 3. The third kappa shape index (κ3) is 8.54. The predicted molar refractivity (Wildman–Crippen MR) is 228 cm³/mol. The van der Waals surface area contributed by atoms with Gasteiger partial charge in [0, 0.05) is 93.6 Å². The molecule has 15 nitrogen and oxygen atoms in total. The molecule has 9 atom stereocenters. The highest BCUT2D eigenvalue weighted by Crippen LogP contribution is 2.50. The quantitative estimate of drug-likeness (QED) is 0.209. The monoisotopic (exact) mass is 846 g/mol. The Bertz CT molecular complexity index is 2300. The minimum atomic E-state index is -1.96. The van der Waals surface area contributed by atoms with Crippen LogP contribution in [0.2, 0.25) is 0 Å². The maximum absolute atomic E-state index is 14.7. The van der Waals surface area contributed by atoms with E-state index in [4.69, 9.17) is 28.9 Å². The zero-order chi connectivity index (χ0) is 44.9. The summed E-state index contributed by atoms with van der Waals surface area (Å²) in [6.45, 7) is 19.5. The Morgan fingerprint density at radius 3 is 2.25 bits per heavy atom. The van der Waals surface area contributed by atoms with Crippen LogP contribution in [0.3, 0.4) is 0 Å². The van der Waals surface area contributed by atoms with E-state index in [2.05, 4.69) is 24.1 Å². The molecule has 4 heterocycles. The second-order valence-electron chi connectivity index (χ2n) is 18.0. The van der Waals surface area contributed by atoms with E-state index in [1.54, 1.807) is 65.8 Å². The summed E-state index contributed by atoms with van der Waals surface area (Å²) in [5.74, 6) is -6.44. The molecule has 15 heteroatoms. The van der Waals surface area contributed by atoms with Gasteiger partial charge >= 0.3 is 11.8 Å². The number of aromatic hydroxyl groups is 2. The molecule has 0 unspecified atom stereocenters. The zero-order valence-electron chi connectivity index (χ0n) is 37.1. The van der Waals surface area contributed by atoms with E-state index >= 15 is 0 Å². The van der Waals surface area contributed by atoms with Gasteiger partial charge in [-0.1, -0.05) is 59.8 Å². The van der Waals surface area contributed by atoms with Crippen LogP contribution < -0.4 is 20.8 Å². The third-order valence-electron chi connectivity index (χ3n) is 12.9. The number of phenols is 2. The molecule has 0 saturated carbocycles. The smallest absolute Gasteiger partial charge is 0.312 e. The molecule has 1 spiro atoms. The Labute approximate surface area is 356 Å². The van der Waals surface area contributed by atoms with E-state index in [9.17, 15) is 34.8 Å². The number of carbonyl (C=O) groups excluding carboxylic acids is 3. The predicted octanol–water partition coefficient (Wildman–Crippen LogP) is 4.75. The maximum Gasteiger partial charge on any atom is 0.312 e. The topological polar surface area (TPSA) is 209 Å². The lowest BCUT2D eigenvalue weighted by atomic mass is 9.78. The van der Waals surface area contributed by atoms with Crippen LogP contribution in [0.4, 0.5) is 5.69 Å². The summed E-state index contributed by atoms with van der Waals surface area (Å²) in [5, 5.41) is 50.2. The molecular weight excluding hydrogens is 785 g/mol. The van der Waals surface area contributed by atoms with Gasteiger partial charge in [-0.3, -0.25) is 24.4 Å². The average molecular weight is 847 g/mol. The first-order valence-electron chi connectivity index (χ1n) is 21.2. The van der Waals surface area contributed by atoms with Gasteiger partial charge in [-0.05, 0) is 25.8 Å². The molecule has 4 aliphatic rings. The van der Waals surface area contributed by atoms with Gasteiger partial charge in [-0.15, -0.1) is 0 Å². The van der Waals surface area contributed by atoms with Gasteiger partial charge in [0.05, 0.1) is 40.9 Å². The van der Waals surface area contributed by atoms with E-state index in [0.717, 1.165) is 6.54 Å². The number of nitrogens with one attached hydrogen (secondary N) is 1. The number of fused-ring (bicyclic) bond motifs is 1. The summed E-state index contributed by atoms with van der Waals surface area (Å²) in [7, 11) is 1.47. The number of methoxy groups -OCH3 is 1. The molecule has 1 fully saturated rings. The van der Waals surface area contributed by atoms with Crippen molar-refractivity contribution in [1.82, 2.24) is 4.90 Å². The lowest BCUT2D eigenvalue weighted by molar-refractivity contribution is -0.160. The van der Waals surface area contributed by atoms with Crippen LogP contribution in [0, 0.1) is 36.5 Å². The maximum atomic E-state index is 14.7. The fourth-order valence-corrected chi connectivity index (χ4v) is 9.20. The number of piperidine rings is 1. The number of likely N-dealkylation sites (tertiary alicyclic amines) is 1. The van der Waals surface area contributed by atoms with Crippen molar-refractivity contribution in [3.63, 3.8) is 0 Å². The van der Waals surface area contributed by atoms with Crippen molar-refractivity contribution in [3.05, 3.63) is 58.0 Å². The number of aliphatic hydroxyl groups excluding tert-OH is 2. The van der Waals surface area contributed by atoms with Crippen molar-refractivity contribution >= 4 is 34.1 Å². The van der Waals surface area contributed by atoms with Gasteiger partial charge in [-0.2, -0.15) is 0 Å². The number of esters is 1. The van der Waals surface area contributed by atoms with Crippen molar-refractivity contribution in [3.8, 4) is 17.2 Å². The summed E-state index contributed by atoms with van der Waals surface area (Å²) in [6.07, 6.45) is 5.04. The summed E-state index contributed by atoms with van der Waals surface area (Å²) < 4.78 is 24.0. The third-order valence-corrected chi connectivity index (χ3v) is 12.9. The van der Waals surface area contributed by atoms with Gasteiger partial charge in [0.1, 0.15) is 28.6 Å². The van der Waals surface area contributed by atoms with Gasteiger partial charge < -0.3 is 49.6 Å². The summed E-state index contributed by atoms with van der Waals surface area (Å²) in [6, 6.07) is 0. The van der Waals surface area contributed by atoms with E-state index < -0.39 is 82.9 Å². The number of benzene rings is 2. The van der Waals surface area contributed by atoms with Gasteiger partial charge in [0.15, 0.2) is 11.4 Å². The van der Waals surface area contributed by atoms with Crippen molar-refractivity contribution in [1.29, 1.82) is 0 Å². The zero-order valence-corrected chi connectivity index (χ0v) is 37.1. The lowest BCUT2D eigenvalue weighted by Gasteiger charge is -2.38. The second kappa shape index (κ2) is 17.5. The molecular formula is C46H62N4O11. The minimum absolute atomic E-state index is 0.0364. The number of phenolic OH excluding ortho intramolecular Hbond substituents is 2. The van der Waals surface area contributed by atoms with Crippen molar-refractivity contribution in [2.75, 3.05) is 32.1 Å². The van der Waals surface area contributed by atoms with Gasteiger partial charge in [0.25, 0.3) is 11.7 Å². The first-order chi connectivity index (χ1) is 28.6. The molecule has 0 aliphatic carbocycles. The largest absolute Gasteiger partial charge is 0.507 e.